The smallest absolute Gasteiger partial charge is 0.331 e. The van der Waals surface area contributed by atoms with E-state index in [-0.39, 0.29) is 0 Å². The average Bonchev–Trinajstić information content (AvgIpc) is 2.78. The van der Waals surface area contributed by atoms with E-state index in [9.17, 15) is 4.79 Å². The first kappa shape index (κ1) is 13.1. The van der Waals surface area contributed by atoms with Crippen LogP contribution >= 0.6 is 27.3 Å². The molecule has 92 valence electrons. The van der Waals surface area contributed by atoms with E-state index < -0.39 is 5.97 Å². The van der Waals surface area contributed by atoms with Crippen molar-refractivity contribution in [1.29, 1.82) is 0 Å². The Balaban J connectivity index is 2.28. The molecule has 2 rings (SSSR count). The van der Waals surface area contributed by atoms with Gasteiger partial charge >= 0.3 is 5.97 Å². The molecule has 2 aromatic rings. The SMILES string of the molecule is CC(=Cc1ccc(-c2ccc(Br)cc2)s1)C(=O)O. The van der Waals surface area contributed by atoms with Gasteiger partial charge in [0.2, 0.25) is 0 Å². The maximum atomic E-state index is 10.7. The molecule has 0 amide bonds. The lowest BCUT2D eigenvalue weighted by molar-refractivity contribution is -0.132. The molecule has 1 aromatic heterocycles. The van der Waals surface area contributed by atoms with Gasteiger partial charge in [-0.25, -0.2) is 4.79 Å². The Labute approximate surface area is 118 Å². The third kappa shape index (κ3) is 3.09. The Morgan fingerprint density at radius 1 is 1.22 bits per heavy atom. The van der Waals surface area contributed by atoms with Gasteiger partial charge in [-0.2, -0.15) is 0 Å². The van der Waals surface area contributed by atoms with Gasteiger partial charge in [-0.15, -0.1) is 11.3 Å². The standard InChI is InChI=1S/C14H11BrO2S/c1-9(14(16)17)8-12-6-7-13(18-12)10-2-4-11(15)5-3-10/h2-8H,1H3,(H,16,17). The Morgan fingerprint density at radius 2 is 1.89 bits per heavy atom. The highest BCUT2D eigenvalue weighted by molar-refractivity contribution is 9.10. The molecular weight excluding hydrogens is 312 g/mol. The number of hydrogen-bond acceptors (Lipinski definition) is 2. The maximum Gasteiger partial charge on any atom is 0.331 e. The van der Waals surface area contributed by atoms with Crippen LogP contribution in [0.2, 0.25) is 0 Å². The second-order valence-electron chi connectivity index (χ2n) is 3.84. The molecule has 0 radical (unpaired) electrons. The molecule has 1 heterocycles. The van der Waals surface area contributed by atoms with Crippen molar-refractivity contribution >= 4 is 39.3 Å². The molecular formula is C14H11BrO2S. The number of carbonyl (C=O) groups is 1. The summed E-state index contributed by atoms with van der Waals surface area (Å²) in [4.78, 5) is 12.8. The topological polar surface area (TPSA) is 37.3 Å². The van der Waals surface area contributed by atoms with Gasteiger partial charge in [0.05, 0.1) is 0 Å². The third-order valence-corrected chi connectivity index (χ3v) is 4.06. The Hall–Kier alpha value is -1.39. The number of hydrogen-bond donors (Lipinski definition) is 1. The molecule has 4 heteroatoms. The van der Waals surface area contributed by atoms with Crippen molar-refractivity contribution in [1.82, 2.24) is 0 Å². The van der Waals surface area contributed by atoms with E-state index in [0.29, 0.717) is 5.57 Å². The fraction of sp³-hybridized carbons (Fsp3) is 0.0714. The van der Waals surface area contributed by atoms with E-state index in [1.165, 1.54) is 0 Å². The number of thiophene rings is 1. The lowest BCUT2D eigenvalue weighted by atomic mass is 10.2. The van der Waals surface area contributed by atoms with Gasteiger partial charge in [-0.3, -0.25) is 0 Å². The van der Waals surface area contributed by atoms with Crippen LogP contribution in [0.3, 0.4) is 0 Å². The first-order valence-corrected chi connectivity index (χ1v) is 6.94. The van der Waals surface area contributed by atoms with Gasteiger partial charge in [-0.1, -0.05) is 28.1 Å². The summed E-state index contributed by atoms with van der Waals surface area (Å²) in [5, 5.41) is 8.83. The second-order valence-corrected chi connectivity index (χ2v) is 5.87. The number of halogens is 1. The van der Waals surface area contributed by atoms with Gasteiger partial charge in [-0.05, 0) is 42.8 Å². The Kier molecular flexibility index (Phi) is 3.99. The summed E-state index contributed by atoms with van der Waals surface area (Å²) >= 11 is 4.98. The normalized spacial score (nSPS) is 11.6. The Bertz CT molecular complexity index is 597. The molecule has 0 aliphatic rings. The minimum atomic E-state index is -0.881. The molecule has 18 heavy (non-hydrogen) atoms. The summed E-state index contributed by atoms with van der Waals surface area (Å²) in [5.74, 6) is -0.881. The maximum absolute atomic E-state index is 10.7. The summed E-state index contributed by atoms with van der Waals surface area (Å²) in [6.45, 7) is 1.60. The van der Waals surface area contributed by atoms with Gasteiger partial charge in [0.15, 0.2) is 0 Å². The van der Waals surface area contributed by atoms with Gasteiger partial charge < -0.3 is 5.11 Å². The van der Waals surface area contributed by atoms with Crippen molar-refractivity contribution < 1.29 is 9.90 Å². The fourth-order valence-corrected chi connectivity index (χ4v) is 2.75. The van der Waals surface area contributed by atoms with Crippen molar-refractivity contribution in [2.24, 2.45) is 0 Å². The molecule has 0 aliphatic carbocycles. The van der Waals surface area contributed by atoms with Crippen LogP contribution in [-0.2, 0) is 4.79 Å². The number of carboxylic acids is 1. The van der Waals surface area contributed by atoms with Crippen LogP contribution in [0.25, 0.3) is 16.5 Å². The summed E-state index contributed by atoms with van der Waals surface area (Å²) in [6.07, 6.45) is 1.69. The van der Waals surface area contributed by atoms with Crippen LogP contribution in [0.5, 0.6) is 0 Å². The zero-order valence-electron chi connectivity index (χ0n) is 9.68. The quantitative estimate of drug-likeness (QED) is 0.834. The predicted molar refractivity (Wildman–Crippen MR) is 78.7 cm³/mol. The highest BCUT2D eigenvalue weighted by atomic mass is 79.9. The highest BCUT2D eigenvalue weighted by Crippen LogP contribution is 2.30. The van der Waals surface area contributed by atoms with Crippen LogP contribution in [0, 0.1) is 0 Å². The monoisotopic (exact) mass is 322 g/mol. The second kappa shape index (κ2) is 5.50. The summed E-state index contributed by atoms with van der Waals surface area (Å²) < 4.78 is 1.05. The van der Waals surface area contributed by atoms with Gasteiger partial charge in [0, 0.05) is 19.8 Å². The first-order valence-electron chi connectivity index (χ1n) is 5.33. The number of rotatable bonds is 3. The van der Waals surface area contributed by atoms with E-state index in [0.717, 1.165) is 19.8 Å². The molecule has 2 nitrogen and oxygen atoms in total. The number of aliphatic carboxylic acids is 1. The Morgan fingerprint density at radius 3 is 2.50 bits per heavy atom. The minimum absolute atomic E-state index is 0.346. The minimum Gasteiger partial charge on any atom is -0.478 e. The number of carboxylic acid groups (broad SMARTS) is 1. The van der Waals surface area contributed by atoms with Crippen molar-refractivity contribution in [2.75, 3.05) is 0 Å². The zero-order valence-corrected chi connectivity index (χ0v) is 12.1. The fourth-order valence-electron chi connectivity index (χ4n) is 1.47. The molecule has 0 saturated carbocycles. The zero-order chi connectivity index (χ0) is 13.1. The molecule has 0 atom stereocenters. The first-order chi connectivity index (χ1) is 8.56. The molecule has 0 aliphatic heterocycles. The van der Waals surface area contributed by atoms with E-state index in [1.807, 2.05) is 36.4 Å². The van der Waals surface area contributed by atoms with Crippen LogP contribution in [0.4, 0.5) is 0 Å². The average molecular weight is 323 g/mol. The van der Waals surface area contributed by atoms with E-state index in [4.69, 9.17) is 5.11 Å². The van der Waals surface area contributed by atoms with Gasteiger partial charge in [0.25, 0.3) is 0 Å². The molecule has 0 saturated heterocycles. The highest BCUT2D eigenvalue weighted by Gasteiger charge is 2.04. The third-order valence-electron chi connectivity index (χ3n) is 2.45. The van der Waals surface area contributed by atoms with Crippen LogP contribution in [-0.4, -0.2) is 11.1 Å². The van der Waals surface area contributed by atoms with E-state index in [2.05, 4.69) is 15.9 Å². The molecule has 1 N–H and O–H groups in total. The molecule has 1 aromatic carbocycles. The number of benzene rings is 1. The molecule has 0 unspecified atom stereocenters. The lowest BCUT2D eigenvalue weighted by Gasteiger charge is -1.96. The van der Waals surface area contributed by atoms with E-state index in [1.54, 1.807) is 24.3 Å². The van der Waals surface area contributed by atoms with Crippen molar-refractivity contribution in [2.45, 2.75) is 6.92 Å². The molecule has 0 spiro atoms. The molecule has 0 bridgehead atoms. The summed E-state index contributed by atoms with van der Waals surface area (Å²) in [5.41, 5.74) is 1.48. The molecule has 0 fully saturated rings. The predicted octanol–water partition coefficient (Wildman–Crippen LogP) is 4.67. The van der Waals surface area contributed by atoms with Crippen molar-refractivity contribution in [3.63, 3.8) is 0 Å². The lowest BCUT2D eigenvalue weighted by Crippen LogP contribution is -1.94. The van der Waals surface area contributed by atoms with Crippen molar-refractivity contribution in [3.05, 3.63) is 51.3 Å². The largest absolute Gasteiger partial charge is 0.478 e. The summed E-state index contributed by atoms with van der Waals surface area (Å²) in [7, 11) is 0. The van der Waals surface area contributed by atoms with Crippen LogP contribution in [0.15, 0.2) is 46.4 Å². The van der Waals surface area contributed by atoms with Gasteiger partial charge in [0.1, 0.15) is 0 Å². The van der Waals surface area contributed by atoms with E-state index >= 15 is 0 Å². The van der Waals surface area contributed by atoms with Crippen molar-refractivity contribution in [3.8, 4) is 10.4 Å². The van der Waals surface area contributed by atoms with Crippen LogP contribution in [0.1, 0.15) is 11.8 Å². The van der Waals surface area contributed by atoms with Crippen LogP contribution < -0.4 is 0 Å². The summed E-state index contributed by atoms with van der Waals surface area (Å²) in [6, 6.07) is 12.0.